The van der Waals surface area contributed by atoms with E-state index in [1.807, 2.05) is 54.6 Å². The molecule has 0 aliphatic carbocycles. The number of para-hydroxylation sites is 1. The molecule has 0 spiro atoms. The number of rotatable bonds is 7. The molecule has 0 saturated carbocycles. The number of thioether (sulfide) groups is 1. The Morgan fingerprint density at radius 2 is 1.74 bits per heavy atom. The van der Waals surface area contributed by atoms with Crippen LogP contribution in [0.4, 0.5) is 16.0 Å². The number of hydrogen-bond acceptors (Lipinski definition) is 6. The van der Waals surface area contributed by atoms with Gasteiger partial charge in [0.15, 0.2) is 5.16 Å². The van der Waals surface area contributed by atoms with Gasteiger partial charge >= 0.3 is 0 Å². The Morgan fingerprint density at radius 3 is 2.54 bits per heavy atom. The molecule has 0 radical (unpaired) electrons. The lowest BCUT2D eigenvalue weighted by Gasteiger charge is -2.27. The van der Waals surface area contributed by atoms with Crippen molar-refractivity contribution in [2.24, 2.45) is 0 Å². The van der Waals surface area contributed by atoms with E-state index < -0.39 is 0 Å². The van der Waals surface area contributed by atoms with Crippen molar-refractivity contribution in [1.29, 1.82) is 0 Å². The molecule has 1 N–H and O–H groups in total. The SMILES string of the molecule is O=C(CSc1nnc(N2CCOCC2)n1-c1cccc(F)c1)Nc1ccccc1-c1ccccc1. The molecule has 1 amide bonds. The second kappa shape index (κ2) is 10.7. The summed E-state index contributed by atoms with van der Waals surface area (Å²) in [5.74, 6) is 0.214. The number of carbonyl (C=O) groups excluding carboxylic acids is 1. The predicted molar refractivity (Wildman–Crippen MR) is 136 cm³/mol. The van der Waals surface area contributed by atoms with Crippen molar-refractivity contribution in [3.8, 4) is 16.8 Å². The highest BCUT2D eigenvalue weighted by Crippen LogP contribution is 2.30. The van der Waals surface area contributed by atoms with E-state index in [4.69, 9.17) is 4.74 Å². The van der Waals surface area contributed by atoms with Gasteiger partial charge in [-0.05, 0) is 29.8 Å². The summed E-state index contributed by atoms with van der Waals surface area (Å²) in [6.45, 7) is 2.49. The van der Waals surface area contributed by atoms with E-state index in [0.29, 0.717) is 43.1 Å². The maximum Gasteiger partial charge on any atom is 0.234 e. The van der Waals surface area contributed by atoms with Crippen LogP contribution in [0.5, 0.6) is 0 Å². The molecule has 9 heteroatoms. The van der Waals surface area contributed by atoms with Crippen LogP contribution < -0.4 is 10.2 Å². The topological polar surface area (TPSA) is 72.3 Å². The van der Waals surface area contributed by atoms with Crippen LogP contribution in [-0.2, 0) is 9.53 Å². The minimum atomic E-state index is -0.352. The van der Waals surface area contributed by atoms with Gasteiger partial charge in [0.1, 0.15) is 5.82 Å². The standard InChI is InChI=1S/C26H24FN5O2S/c27-20-9-6-10-21(17-20)32-25(31-13-15-34-16-14-31)29-30-26(32)35-18-24(33)28-23-12-5-4-11-22(23)19-7-2-1-3-8-19/h1-12,17H,13-16,18H2,(H,28,33). The zero-order chi connectivity index (χ0) is 24.0. The van der Waals surface area contributed by atoms with Crippen molar-refractivity contribution < 1.29 is 13.9 Å². The van der Waals surface area contributed by atoms with Crippen molar-refractivity contribution in [2.75, 3.05) is 42.3 Å². The van der Waals surface area contributed by atoms with Gasteiger partial charge in [-0.25, -0.2) is 4.39 Å². The molecule has 1 fully saturated rings. The second-order valence-corrected chi connectivity index (χ2v) is 8.89. The molecular weight excluding hydrogens is 465 g/mol. The molecule has 1 aliphatic heterocycles. The molecule has 0 bridgehead atoms. The van der Waals surface area contributed by atoms with Crippen LogP contribution in [0.2, 0.25) is 0 Å². The Labute approximate surface area is 206 Å². The van der Waals surface area contributed by atoms with Gasteiger partial charge in [-0.1, -0.05) is 66.4 Å². The van der Waals surface area contributed by atoms with Gasteiger partial charge in [0.2, 0.25) is 11.9 Å². The number of aromatic nitrogens is 3. The van der Waals surface area contributed by atoms with E-state index in [2.05, 4.69) is 20.4 Å². The Morgan fingerprint density at radius 1 is 0.971 bits per heavy atom. The van der Waals surface area contributed by atoms with Crippen molar-refractivity contribution in [3.63, 3.8) is 0 Å². The minimum Gasteiger partial charge on any atom is -0.378 e. The fourth-order valence-electron chi connectivity index (χ4n) is 3.94. The smallest absolute Gasteiger partial charge is 0.234 e. The Hall–Kier alpha value is -3.69. The monoisotopic (exact) mass is 489 g/mol. The number of nitrogens with zero attached hydrogens (tertiary/aromatic N) is 4. The molecular formula is C26H24FN5O2S. The third kappa shape index (κ3) is 5.36. The molecule has 1 aliphatic rings. The highest BCUT2D eigenvalue weighted by molar-refractivity contribution is 7.99. The summed E-state index contributed by atoms with van der Waals surface area (Å²) in [5.41, 5.74) is 3.32. The molecule has 5 rings (SSSR count). The normalized spacial score (nSPS) is 13.6. The molecule has 4 aromatic rings. The summed E-state index contributed by atoms with van der Waals surface area (Å²) < 4.78 is 21.3. The molecule has 0 atom stereocenters. The fourth-order valence-corrected chi connectivity index (χ4v) is 4.69. The number of halogens is 1. The second-order valence-electron chi connectivity index (χ2n) is 7.95. The molecule has 0 unspecified atom stereocenters. The lowest BCUT2D eigenvalue weighted by molar-refractivity contribution is -0.113. The third-order valence-electron chi connectivity index (χ3n) is 5.59. The molecule has 35 heavy (non-hydrogen) atoms. The zero-order valence-corrected chi connectivity index (χ0v) is 19.7. The maximum atomic E-state index is 14.0. The molecule has 1 saturated heterocycles. The van der Waals surface area contributed by atoms with Crippen LogP contribution in [0.15, 0.2) is 84.0 Å². The van der Waals surface area contributed by atoms with E-state index in [1.54, 1.807) is 16.7 Å². The first-order chi connectivity index (χ1) is 17.2. The highest BCUT2D eigenvalue weighted by atomic mass is 32.2. The van der Waals surface area contributed by atoms with Crippen molar-refractivity contribution in [2.45, 2.75) is 5.16 Å². The minimum absolute atomic E-state index is 0.125. The van der Waals surface area contributed by atoms with Crippen LogP contribution in [0.25, 0.3) is 16.8 Å². The van der Waals surface area contributed by atoms with Gasteiger partial charge in [0.05, 0.1) is 24.7 Å². The number of ether oxygens (including phenoxy) is 1. The molecule has 2 heterocycles. The molecule has 178 valence electrons. The van der Waals surface area contributed by atoms with E-state index in [9.17, 15) is 9.18 Å². The molecule has 3 aromatic carbocycles. The summed E-state index contributed by atoms with van der Waals surface area (Å²) in [6, 6.07) is 23.9. The van der Waals surface area contributed by atoms with Gasteiger partial charge in [-0.15, -0.1) is 10.2 Å². The lowest BCUT2D eigenvalue weighted by Crippen LogP contribution is -2.37. The van der Waals surface area contributed by atoms with Crippen LogP contribution in [-0.4, -0.2) is 52.7 Å². The van der Waals surface area contributed by atoms with E-state index in [1.165, 1.54) is 23.9 Å². The highest BCUT2D eigenvalue weighted by Gasteiger charge is 2.22. The van der Waals surface area contributed by atoms with Gasteiger partial charge < -0.3 is 15.0 Å². The van der Waals surface area contributed by atoms with Crippen LogP contribution in [0.1, 0.15) is 0 Å². The Bertz CT molecular complexity index is 1310. The quantitative estimate of drug-likeness (QED) is 0.382. The van der Waals surface area contributed by atoms with Gasteiger partial charge in [-0.2, -0.15) is 0 Å². The van der Waals surface area contributed by atoms with Gasteiger partial charge in [0, 0.05) is 24.3 Å². The number of anilines is 2. The number of hydrogen-bond donors (Lipinski definition) is 1. The molecule has 7 nitrogen and oxygen atoms in total. The van der Waals surface area contributed by atoms with Crippen molar-refractivity contribution in [1.82, 2.24) is 14.8 Å². The maximum absolute atomic E-state index is 14.0. The first kappa shape index (κ1) is 23.1. The van der Waals surface area contributed by atoms with E-state index in [0.717, 1.165) is 16.8 Å². The average Bonchev–Trinajstić information content (AvgIpc) is 3.33. The number of amides is 1. The van der Waals surface area contributed by atoms with Gasteiger partial charge in [0.25, 0.3) is 0 Å². The van der Waals surface area contributed by atoms with Crippen molar-refractivity contribution >= 4 is 29.3 Å². The van der Waals surface area contributed by atoms with Crippen LogP contribution >= 0.6 is 11.8 Å². The summed E-state index contributed by atoms with van der Waals surface area (Å²) in [6.07, 6.45) is 0. The van der Waals surface area contributed by atoms with Gasteiger partial charge in [-0.3, -0.25) is 9.36 Å². The third-order valence-corrected chi connectivity index (χ3v) is 6.52. The zero-order valence-electron chi connectivity index (χ0n) is 18.9. The summed E-state index contributed by atoms with van der Waals surface area (Å²) in [4.78, 5) is 15.0. The van der Waals surface area contributed by atoms with Crippen LogP contribution in [0, 0.1) is 5.82 Å². The summed E-state index contributed by atoms with van der Waals surface area (Å²) in [5, 5.41) is 12.2. The number of carbonyl (C=O) groups is 1. The first-order valence-electron chi connectivity index (χ1n) is 11.3. The Kier molecular flexibility index (Phi) is 7.06. The summed E-state index contributed by atoms with van der Waals surface area (Å²) >= 11 is 1.26. The lowest BCUT2D eigenvalue weighted by atomic mass is 10.0. The largest absolute Gasteiger partial charge is 0.378 e. The number of morpholine rings is 1. The first-order valence-corrected chi connectivity index (χ1v) is 12.3. The van der Waals surface area contributed by atoms with Crippen molar-refractivity contribution in [3.05, 3.63) is 84.7 Å². The Balaban J connectivity index is 1.36. The average molecular weight is 490 g/mol. The van der Waals surface area contributed by atoms with E-state index in [-0.39, 0.29) is 17.5 Å². The number of nitrogens with one attached hydrogen (secondary N) is 1. The predicted octanol–water partition coefficient (Wildman–Crippen LogP) is 4.64. The van der Waals surface area contributed by atoms with E-state index >= 15 is 0 Å². The molecule has 1 aromatic heterocycles. The van der Waals surface area contributed by atoms with Crippen LogP contribution in [0.3, 0.4) is 0 Å². The number of benzene rings is 3. The summed E-state index contributed by atoms with van der Waals surface area (Å²) in [7, 11) is 0. The fraction of sp³-hybridized carbons (Fsp3) is 0.192.